The third-order valence-electron chi connectivity index (χ3n) is 2.96. The SMILES string of the molecule is CC(C)=CCOc1ccc(F)cc1C(O)C#CCNC(=O)OC(C)(C)C. The zero-order valence-corrected chi connectivity index (χ0v) is 15.9. The molecule has 0 radical (unpaired) electrons. The van der Waals surface area contributed by atoms with Gasteiger partial charge < -0.3 is 19.9 Å². The molecule has 26 heavy (non-hydrogen) atoms. The van der Waals surface area contributed by atoms with Crippen molar-refractivity contribution in [1.29, 1.82) is 0 Å². The summed E-state index contributed by atoms with van der Waals surface area (Å²) < 4.78 is 24.1. The van der Waals surface area contributed by atoms with Gasteiger partial charge in [0.25, 0.3) is 0 Å². The van der Waals surface area contributed by atoms with E-state index in [2.05, 4.69) is 17.2 Å². The van der Waals surface area contributed by atoms with Crippen LogP contribution >= 0.6 is 0 Å². The van der Waals surface area contributed by atoms with E-state index in [9.17, 15) is 14.3 Å². The number of hydrogen-bond donors (Lipinski definition) is 2. The van der Waals surface area contributed by atoms with E-state index in [1.807, 2.05) is 19.9 Å². The van der Waals surface area contributed by atoms with Crippen LogP contribution in [-0.4, -0.2) is 30.0 Å². The van der Waals surface area contributed by atoms with Gasteiger partial charge in [-0.15, -0.1) is 0 Å². The number of nitrogens with one attached hydrogen (secondary N) is 1. The smallest absolute Gasteiger partial charge is 0.408 e. The van der Waals surface area contributed by atoms with E-state index < -0.39 is 23.6 Å². The molecule has 0 aliphatic heterocycles. The third-order valence-corrected chi connectivity index (χ3v) is 2.96. The fraction of sp³-hybridized carbons (Fsp3) is 0.450. The first-order valence-electron chi connectivity index (χ1n) is 8.27. The van der Waals surface area contributed by atoms with E-state index in [0.29, 0.717) is 12.4 Å². The molecule has 0 saturated heterocycles. The van der Waals surface area contributed by atoms with Crippen LogP contribution in [0.4, 0.5) is 9.18 Å². The van der Waals surface area contributed by atoms with Gasteiger partial charge in [-0.25, -0.2) is 9.18 Å². The summed E-state index contributed by atoms with van der Waals surface area (Å²) in [6, 6.07) is 3.89. The number of hydrogen-bond acceptors (Lipinski definition) is 4. The second-order valence-electron chi connectivity index (χ2n) is 6.85. The van der Waals surface area contributed by atoms with Crippen LogP contribution in [0.3, 0.4) is 0 Å². The van der Waals surface area contributed by atoms with Gasteiger partial charge >= 0.3 is 6.09 Å². The summed E-state index contributed by atoms with van der Waals surface area (Å²) in [5, 5.41) is 12.7. The molecule has 1 aromatic rings. The lowest BCUT2D eigenvalue weighted by molar-refractivity contribution is 0.0535. The fourth-order valence-electron chi connectivity index (χ4n) is 1.82. The molecule has 0 spiro atoms. The number of aliphatic hydroxyl groups excluding tert-OH is 1. The fourth-order valence-corrected chi connectivity index (χ4v) is 1.82. The van der Waals surface area contributed by atoms with Gasteiger partial charge in [0.05, 0.1) is 6.54 Å². The summed E-state index contributed by atoms with van der Waals surface area (Å²) in [6.07, 6.45) is 0.0290. The van der Waals surface area contributed by atoms with E-state index in [4.69, 9.17) is 9.47 Å². The average Bonchev–Trinajstić information content (AvgIpc) is 2.50. The Labute approximate surface area is 154 Å². The number of rotatable bonds is 5. The van der Waals surface area contributed by atoms with Crippen LogP contribution in [0.25, 0.3) is 0 Å². The highest BCUT2D eigenvalue weighted by Crippen LogP contribution is 2.26. The molecule has 1 amide bonds. The van der Waals surface area contributed by atoms with Crippen molar-refractivity contribution in [3.63, 3.8) is 0 Å². The minimum absolute atomic E-state index is 0.00472. The topological polar surface area (TPSA) is 67.8 Å². The molecular formula is C20H26FNO4. The molecule has 0 fully saturated rings. The molecule has 1 aromatic carbocycles. The largest absolute Gasteiger partial charge is 0.489 e. The van der Waals surface area contributed by atoms with Gasteiger partial charge in [-0.05, 0) is 58.9 Å². The monoisotopic (exact) mass is 363 g/mol. The molecular weight excluding hydrogens is 337 g/mol. The molecule has 0 bridgehead atoms. The number of amides is 1. The normalized spacial score (nSPS) is 11.7. The number of aliphatic hydroxyl groups is 1. The Hall–Kier alpha value is -2.52. The van der Waals surface area contributed by atoms with Crippen LogP contribution < -0.4 is 10.1 Å². The summed E-state index contributed by atoms with van der Waals surface area (Å²) in [4.78, 5) is 11.5. The minimum atomic E-state index is -1.24. The molecule has 0 aliphatic carbocycles. The first kappa shape index (κ1) is 21.5. The second kappa shape index (κ2) is 9.83. The Morgan fingerprint density at radius 1 is 1.38 bits per heavy atom. The lowest BCUT2D eigenvalue weighted by atomic mass is 10.1. The summed E-state index contributed by atoms with van der Waals surface area (Å²) in [6.45, 7) is 9.44. The van der Waals surface area contributed by atoms with Gasteiger partial charge in [0.15, 0.2) is 0 Å². The standard InChI is InChI=1S/C20H26FNO4/c1-14(2)10-12-25-18-9-8-15(21)13-16(18)17(23)7-6-11-22-19(24)26-20(3,4)5/h8-10,13,17,23H,11-12H2,1-5H3,(H,22,24). The molecule has 0 saturated carbocycles. The molecule has 0 aliphatic rings. The van der Waals surface area contributed by atoms with E-state index in [-0.39, 0.29) is 12.1 Å². The van der Waals surface area contributed by atoms with Gasteiger partial charge in [0.1, 0.15) is 29.9 Å². The van der Waals surface area contributed by atoms with Gasteiger partial charge in [0, 0.05) is 5.56 Å². The summed E-state index contributed by atoms with van der Waals surface area (Å²) in [5.74, 6) is 5.03. The van der Waals surface area contributed by atoms with E-state index in [1.165, 1.54) is 18.2 Å². The lowest BCUT2D eigenvalue weighted by Gasteiger charge is -2.19. The van der Waals surface area contributed by atoms with Crippen molar-refractivity contribution in [2.75, 3.05) is 13.2 Å². The zero-order valence-electron chi connectivity index (χ0n) is 15.9. The van der Waals surface area contributed by atoms with Gasteiger partial charge in [0.2, 0.25) is 0 Å². The maximum absolute atomic E-state index is 13.5. The highest BCUT2D eigenvalue weighted by atomic mass is 19.1. The van der Waals surface area contributed by atoms with Crippen LogP contribution in [0, 0.1) is 17.7 Å². The van der Waals surface area contributed by atoms with E-state index in [0.717, 1.165) is 5.57 Å². The Kier molecular flexibility index (Phi) is 8.14. The molecule has 142 valence electrons. The number of ether oxygens (including phenoxy) is 2. The van der Waals surface area contributed by atoms with Crippen molar-refractivity contribution >= 4 is 6.09 Å². The first-order valence-corrected chi connectivity index (χ1v) is 8.27. The first-order chi connectivity index (χ1) is 12.1. The average molecular weight is 363 g/mol. The quantitative estimate of drug-likeness (QED) is 0.618. The number of carbonyl (C=O) groups excluding carboxylic acids is 1. The van der Waals surface area contributed by atoms with Crippen molar-refractivity contribution in [1.82, 2.24) is 5.32 Å². The van der Waals surface area contributed by atoms with Gasteiger partial charge in [-0.2, -0.15) is 0 Å². The van der Waals surface area contributed by atoms with E-state index >= 15 is 0 Å². The predicted molar refractivity (Wildman–Crippen MR) is 98.3 cm³/mol. The molecule has 2 N–H and O–H groups in total. The third kappa shape index (κ3) is 8.54. The van der Waals surface area contributed by atoms with E-state index in [1.54, 1.807) is 20.8 Å². The Bertz CT molecular complexity index is 707. The van der Waals surface area contributed by atoms with Crippen molar-refractivity contribution in [3.8, 4) is 17.6 Å². The highest BCUT2D eigenvalue weighted by molar-refractivity contribution is 5.68. The molecule has 0 heterocycles. The number of carbonyl (C=O) groups is 1. The number of benzene rings is 1. The second-order valence-corrected chi connectivity index (χ2v) is 6.85. The van der Waals surface area contributed by atoms with Crippen molar-refractivity contribution in [2.24, 2.45) is 0 Å². The number of alkyl carbamates (subject to hydrolysis) is 1. The Morgan fingerprint density at radius 3 is 2.69 bits per heavy atom. The molecule has 0 aromatic heterocycles. The van der Waals surface area contributed by atoms with Crippen LogP contribution in [-0.2, 0) is 4.74 Å². The summed E-state index contributed by atoms with van der Waals surface area (Å²) in [7, 11) is 0. The molecule has 1 rings (SSSR count). The molecule has 1 atom stereocenters. The van der Waals surface area contributed by atoms with Crippen molar-refractivity contribution < 1.29 is 23.8 Å². The maximum Gasteiger partial charge on any atom is 0.408 e. The van der Waals surface area contributed by atoms with Crippen LogP contribution in [0.1, 0.15) is 46.3 Å². The predicted octanol–water partition coefficient (Wildman–Crippen LogP) is 3.73. The lowest BCUT2D eigenvalue weighted by Crippen LogP contribution is -2.32. The Morgan fingerprint density at radius 2 is 2.08 bits per heavy atom. The Balaban J connectivity index is 2.72. The van der Waals surface area contributed by atoms with Gasteiger partial charge in [-0.3, -0.25) is 0 Å². The van der Waals surface area contributed by atoms with Crippen LogP contribution in [0.5, 0.6) is 5.75 Å². The zero-order chi connectivity index (χ0) is 19.7. The minimum Gasteiger partial charge on any atom is -0.489 e. The highest BCUT2D eigenvalue weighted by Gasteiger charge is 2.15. The van der Waals surface area contributed by atoms with Gasteiger partial charge in [-0.1, -0.05) is 17.4 Å². The van der Waals surface area contributed by atoms with Crippen molar-refractivity contribution in [3.05, 3.63) is 41.2 Å². The number of halogens is 1. The van der Waals surface area contributed by atoms with Crippen LogP contribution in [0.15, 0.2) is 29.8 Å². The summed E-state index contributed by atoms with van der Waals surface area (Å²) >= 11 is 0. The maximum atomic E-state index is 13.5. The van der Waals surface area contributed by atoms with Crippen LogP contribution in [0.2, 0.25) is 0 Å². The molecule has 6 heteroatoms. The molecule has 5 nitrogen and oxygen atoms in total. The summed E-state index contributed by atoms with van der Waals surface area (Å²) in [5.41, 5.74) is 0.718. The number of allylic oxidation sites excluding steroid dienone is 1. The van der Waals surface area contributed by atoms with Crippen molar-refractivity contribution in [2.45, 2.75) is 46.3 Å². The molecule has 1 unspecified atom stereocenters.